The van der Waals surface area contributed by atoms with Gasteiger partial charge in [-0.05, 0) is 20.3 Å². The SMILES string of the molecule is CC(C)(N)CNC(=O)C1CCOC1. The molecule has 1 atom stereocenters. The normalized spacial score (nSPS) is 23.2. The minimum absolute atomic E-state index is 0.0300. The van der Waals surface area contributed by atoms with E-state index in [4.69, 9.17) is 10.5 Å². The number of carbonyl (C=O) groups excluding carboxylic acids is 1. The lowest BCUT2D eigenvalue weighted by Gasteiger charge is -2.20. The van der Waals surface area contributed by atoms with Gasteiger partial charge in [0.25, 0.3) is 0 Å². The molecule has 0 aromatic rings. The number of hydrogen-bond acceptors (Lipinski definition) is 3. The van der Waals surface area contributed by atoms with E-state index in [9.17, 15) is 4.79 Å². The summed E-state index contributed by atoms with van der Waals surface area (Å²) in [6.07, 6.45) is 0.830. The third kappa shape index (κ3) is 3.74. The maximum absolute atomic E-state index is 11.4. The number of amides is 1. The van der Waals surface area contributed by atoms with Gasteiger partial charge >= 0.3 is 0 Å². The first-order chi connectivity index (χ1) is 5.99. The minimum atomic E-state index is -0.338. The Hall–Kier alpha value is -0.610. The second kappa shape index (κ2) is 4.07. The maximum atomic E-state index is 11.4. The van der Waals surface area contributed by atoms with Crippen molar-refractivity contribution in [3.63, 3.8) is 0 Å². The van der Waals surface area contributed by atoms with Crippen molar-refractivity contribution < 1.29 is 9.53 Å². The van der Waals surface area contributed by atoms with Crippen LogP contribution in [0.15, 0.2) is 0 Å². The molecule has 0 radical (unpaired) electrons. The Morgan fingerprint density at radius 1 is 1.69 bits per heavy atom. The zero-order chi connectivity index (χ0) is 9.90. The van der Waals surface area contributed by atoms with Crippen molar-refractivity contribution in [2.75, 3.05) is 19.8 Å². The molecular weight excluding hydrogens is 168 g/mol. The van der Waals surface area contributed by atoms with Gasteiger partial charge in [0.15, 0.2) is 0 Å². The van der Waals surface area contributed by atoms with E-state index in [1.807, 2.05) is 13.8 Å². The van der Waals surface area contributed by atoms with E-state index in [0.29, 0.717) is 19.8 Å². The molecule has 0 aromatic heterocycles. The molecule has 76 valence electrons. The van der Waals surface area contributed by atoms with Crippen LogP contribution in [0, 0.1) is 5.92 Å². The van der Waals surface area contributed by atoms with Crippen molar-refractivity contribution in [1.29, 1.82) is 0 Å². The van der Waals surface area contributed by atoms with Crippen LogP contribution in [0.2, 0.25) is 0 Å². The van der Waals surface area contributed by atoms with E-state index in [1.54, 1.807) is 0 Å². The summed E-state index contributed by atoms with van der Waals surface area (Å²) in [6.45, 7) is 5.54. The van der Waals surface area contributed by atoms with Crippen LogP contribution < -0.4 is 11.1 Å². The Balaban J connectivity index is 2.25. The second-order valence-corrected chi connectivity index (χ2v) is 4.27. The van der Waals surface area contributed by atoms with Crippen LogP contribution in [0.5, 0.6) is 0 Å². The van der Waals surface area contributed by atoms with Crippen LogP contribution in [0.4, 0.5) is 0 Å². The summed E-state index contributed by atoms with van der Waals surface area (Å²) in [5, 5.41) is 2.82. The van der Waals surface area contributed by atoms with Gasteiger partial charge in [0, 0.05) is 18.7 Å². The molecule has 0 spiro atoms. The van der Waals surface area contributed by atoms with Crippen molar-refractivity contribution in [2.24, 2.45) is 11.7 Å². The zero-order valence-electron chi connectivity index (χ0n) is 8.30. The highest BCUT2D eigenvalue weighted by Crippen LogP contribution is 2.12. The highest BCUT2D eigenvalue weighted by Gasteiger charge is 2.24. The third-order valence-corrected chi connectivity index (χ3v) is 2.02. The van der Waals surface area contributed by atoms with Crippen LogP contribution in [-0.4, -0.2) is 31.2 Å². The molecule has 13 heavy (non-hydrogen) atoms. The topological polar surface area (TPSA) is 64.3 Å². The average Bonchev–Trinajstić information content (AvgIpc) is 2.50. The van der Waals surface area contributed by atoms with E-state index in [-0.39, 0.29) is 17.4 Å². The lowest BCUT2D eigenvalue weighted by molar-refractivity contribution is -0.125. The van der Waals surface area contributed by atoms with Gasteiger partial charge in [-0.15, -0.1) is 0 Å². The molecule has 0 aromatic carbocycles. The molecule has 0 saturated carbocycles. The molecule has 0 aliphatic carbocycles. The molecule has 1 rings (SSSR count). The summed E-state index contributed by atoms with van der Waals surface area (Å²) in [4.78, 5) is 11.4. The number of hydrogen-bond donors (Lipinski definition) is 2. The van der Waals surface area contributed by atoms with E-state index in [2.05, 4.69) is 5.32 Å². The lowest BCUT2D eigenvalue weighted by atomic mass is 10.1. The molecule has 1 heterocycles. The Bertz CT molecular complexity index is 181. The standard InChI is InChI=1S/C9H18N2O2/c1-9(2,10)6-11-8(12)7-3-4-13-5-7/h7H,3-6,10H2,1-2H3,(H,11,12). The van der Waals surface area contributed by atoms with Gasteiger partial charge in [-0.1, -0.05) is 0 Å². The average molecular weight is 186 g/mol. The fourth-order valence-electron chi connectivity index (χ4n) is 1.20. The first-order valence-corrected chi connectivity index (χ1v) is 4.63. The molecule has 1 unspecified atom stereocenters. The van der Waals surface area contributed by atoms with Gasteiger partial charge < -0.3 is 15.8 Å². The van der Waals surface area contributed by atoms with Crippen LogP contribution >= 0.6 is 0 Å². The number of rotatable bonds is 3. The molecule has 1 aliphatic heterocycles. The van der Waals surface area contributed by atoms with Crippen LogP contribution in [0.25, 0.3) is 0 Å². The first-order valence-electron chi connectivity index (χ1n) is 4.63. The molecule has 4 heteroatoms. The van der Waals surface area contributed by atoms with Crippen molar-refractivity contribution in [1.82, 2.24) is 5.32 Å². The number of ether oxygens (including phenoxy) is 1. The van der Waals surface area contributed by atoms with Crippen LogP contribution in [0.1, 0.15) is 20.3 Å². The van der Waals surface area contributed by atoms with Crippen molar-refractivity contribution in [3.05, 3.63) is 0 Å². The third-order valence-electron chi connectivity index (χ3n) is 2.02. The van der Waals surface area contributed by atoms with Gasteiger partial charge in [0.2, 0.25) is 5.91 Å². The van der Waals surface area contributed by atoms with Crippen LogP contribution in [0.3, 0.4) is 0 Å². The lowest BCUT2D eigenvalue weighted by Crippen LogP contribution is -2.46. The van der Waals surface area contributed by atoms with Crippen molar-refractivity contribution >= 4 is 5.91 Å². The Morgan fingerprint density at radius 2 is 2.38 bits per heavy atom. The van der Waals surface area contributed by atoms with E-state index in [0.717, 1.165) is 6.42 Å². The predicted octanol–water partition coefficient (Wildman–Crippen LogP) is -0.124. The molecule has 3 N–H and O–H groups in total. The molecule has 1 aliphatic rings. The first kappa shape index (κ1) is 10.5. The second-order valence-electron chi connectivity index (χ2n) is 4.27. The fraction of sp³-hybridized carbons (Fsp3) is 0.889. The molecule has 4 nitrogen and oxygen atoms in total. The van der Waals surface area contributed by atoms with E-state index in [1.165, 1.54) is 0 Å². The Morgan fingerprint density at radius 3 is 2.85 bits per heavy atom. The summed E-state index contributed by atoms with van der Waals surface area (Å²) in [5.74, 6) is 0.0957. The minimum Gasteiger partial charge on any atom is -0.381 e. The van der Waals surface area contributed by atoms with Gasteiger partial charge in [-0.25, -0.2) is 0 Å². The largest absolute Gasteiger partial charge is 0.381 e. The quantitative estimate of drug-likeness (QED) is 0.645. The molecule has 1 amide bonds. The smallest absolute Gasteiger partial charge is 0.225 e. The number of nitrogens with two attached hydrogens (primary N) is 1. The van der Waals surface area contributed by atoms with Crippen molar-refractivity contribution in [2.45, 2.75) is 25.8 Å². The van der Waals surface area contributed by atoms with E-state index >= 15 is 0 Å². The van der Waals surface area contributed by atoms with E-state index < -0.39 is 0 Å². The Labute approximate surface area is 78.8 Å². The number of carbonyl (C=O) groups is 1. The summed E-state index contributed by atoms with van der Waals surface area (Å²) >= 11 is 0. The molecule has 1 fully saturated rings. The van der Waals surface area contributed by atoms with Gasteiger partial charge in [-0.2, -0.15) is 0 Å². The fourth-order valence-corrected chi connectivity index (χ4v) is 1.20. The zero-order valence-corrected chi connectivity index (χ0v) is 8.30. The summed E-state index contributed by atoms with van der Waals surface area (Å²) in [5.41, 5.74) is 5.40. The number of nitrogens with one attached hydrogen (secondary N) is 1. The van der Waals surface area contributed by atoms with Gasteiger partial charge in [-0.3, -0.25) is 4.79 Å². The highest BCUT2D eigenvalue weighted by molar-refractivity contribution is 5.79. The molecule has 0 bridgehead atoms. The molecular formula is C9H18N2O2. The van der Waals surface area contributed by atoms with Gasteiger partial charge in [0.05, 0.1) is 12.5 Å². The maximum Gasteiger partial charge on any atom is 0.225 e. The van der Waals surface area contributed by atoms with Gasteiger partial charge in [0.1, 0.15) is 0 Å². The summed E-state index contributed by atoms with van der Waals surface area (Å²) < 4.78 is 5.12. The highest BCUT2D eigenvalue weighted by atomic mass is 16.5. The predicted molar refractivity (Wildman–Crippen MR) is 50.2 cm³/mol. The summed E-state index contributed by atoms with van der Waals surface area (Å²) in [6, 6.07) is 0. The monoisotopic (exact) mass is 186 g/mol. The van der Waals surface area contributed by atoms with Crippen LogP contribution in [-0.2, 0) is 9.53 Å². The summed E-state index contributed by atoms with van der Waals surface area (Å²) in [7, 11) is 0. The van der Waals surface area contributed by atoms with Crippen molar-refractivity contribution in [3.8, 4) is 0 Å². The molecule has 1 saturated heterocycles. The Kier molecular flexibility index (Phi) is 3.27.